The molecule has 2 atom stereocenters. The minimum Gasteiger partial charge on any atom is -0.366 e. The van der Waals surface area contributed by atoms with Gasteiger partial charge in [0.1, 0.15) is 6.17 Å². The van der Waals surface area contributed by atoms with Gasteiger partial charge in [0.05, 0.1) is 11.6 Å². The molecule has 1 heterocycles. The molecule has 0 saturated carbocycles. The number of hydrogen-bond acceptors (Lipinski definition) is 2. The maximum Gasteiger partial charge on any atom is 0.165 e. The van der Waals surface area contributed by atoms with Gasteiger partial charge in [-0.25, -0.2) is 4.39 Å². The van der Waals surface area contributed by atoms with Crippen LogP contribution >= 0.6 is 23.2 Å². The van der Waals surface area contributed by atoms with Gasteiger partial charge in [0.25, 0.3) is 0 Å². The highest BCUT2D eigenvalue weighted by Gasteiger charge is 2.35. The molecule has 1 aliphatic rings. The minimum atomic E-state index is -1.10. The zero-order chi connectivity index (χ0) is 18.1. The highest BCUT2D eigenvalue weighted by molar-refractivity contribution is 6.36. The van der Waals surface area contributed by atoms with E-state index in [1.54, 1.807) is 18.2 Å². The van der Waals surface area contributed by atoms with E-state index in [2.05, 4.69) is 4.90 Å². The number of benzene rings is 2. The second kappa shape index (κ2) is 7.35. The van der Waals surface area contributed by atoms with E-state index in [9.17, 15) is 9.18 Å². The predicted molar refractivity (Wildman–Crippen MR) is 102 cm³/mol. The third-order valence-electron chi connectivity index (χ3n) is 4.71. The molecule has 25 heavy (non-hydrogen) atoms. The van der Waals surface area contributed by atoms with Crippen LogP contribution in [0.5, 0.6) is 0 Å². The Morgan fingerprint density at radius 1 is 1.24 bits per heavy atom. The van der Waals surface area contributed by atoms with Gasteiger partial charge < -0.3 is 4.90 Å². The van der Waals surface area contributed by atoms with Gasteiger partial charge in [-0.2, -0.15) is 0 Å². The molecule has 0 fully saturated rings. The molecule has 3 rings (SSSR count). The number of Topliss-reactive ketones (excluding diaryl/α,β-unsaturated/α-hetero) is 1. The molecule has 5 heteroatoms. The molecular weight excluding hydrogens is 360 g/mol. The molecule has 0 saturated heterocycles. The number of ketones is 1. The second-order valence-electron chi connectivity index (χ2n) is 6.68. The summed E-state index contributed by atoms with van der Waals surface area (Å²) in [7, 11) is 0. The van der Waals surface area contributed by atoms with Gasteiger partial charge in [-0.05, 0) is 43.7 Å². The van der Waals surface area contributed by atoms with Crippen LogP contribution in [0.25, 0.3) is 0 Å². The van der Waals surface area contributed by atoms with Crippen LogP contribution in [0.4, 0.5) is 10.1 Å². The highest BCUT2D eigenvalue weighted by Crippen LogP contribution is 2.40. The van der Waals surface area contributed by atoms with Gasteiger partial charge >= 0.3 is 0 Å². The smallest absolute Gasteiger partial charge is 0.165 e. The van der Waals surface area contributed by atoms with Crippen molar-refractivity contribution in [3.8, 4) is 0 Å². The molecule has 2 aromatic rings. The lowest BCUT2D eigenvalue weighted by Crippen LogP contribution is -2.43. The monoisotopic (exact) mass is 379 g/mol. The zero-order valence-electron chi connectivity index (χ0n) is 14.2. The maximum atomic E-state index is 14.9. The Morgan fingerprint density at radius 2 is 1.96 bits per heavy atom. The molecule has 0 aromatic heterocycles. The Bertz CT molecular complexity index is 793. The number of alkyl halides is 1. The van der Waals surface area contributed by atoms with Crippen molar-refractivity contribution in [2.45, 2.75) is 38.4 Å². The largest absolute Gasteiger partial charge is 0.366 e. The van der Waals surface area contributed by atoms with Gasteiger partial charge in [0.15, 0.2) is 5.78 Å². The van der Waals surface area contributed by atoms with Gasteiger partial charge in [0.2, 0.25) is 0 Å². The number of carbonyl (C=O) groups excluding carboxylic acids is 1. The molecule has 2 nitrogen and oxygen atoms in total. The Labute approximate surface area is 157 Å². The minimum absolute atomic E-state index is 0.0888. The van der Waals surface area contributed by atoms with E-state index in [0.717, 1.165) is 11.3 Å². The van der Waals surface area contributed by atoms with E-state index in [1.807, 2.05) is 38.1 Å². The van der Waals surface area contributed by atoms with E-state index in [4.69, 9.17) is 23.2 Å². The first kappa shape index (κ1) is 18.2. The first-order chi connectivity index (χ1) is 11.9. The molecule has 0 N–H and O–H groups in total. The fourth-order valence-electron chi connectivity index (χ4n) is 3.42. The van der Waals surface area contributed by atoms with Crippen molar-refractivity contribution in [1.29, 1.82) is 0 Å². The van der Waals surface area contributed by atoms with Gasteiger partial charge in [0, 0.05) is 34.7 Å². The summed E-state index contributed by atoms with van der Waals surface area (Å²) < 4.78 is 14.9. The summed E-state index contributed by atoms with van der Waals surface area (Å²) in [4.78, 5) is 14.8. The molecule has 132 valence electrons. The molecule has 0 spiro atoms. The van der Waals surface area contributed by atoms with Crippen LogP contribution in [0, 0.1) is 0 Å². The quantitative estimate of drug-likeness (QED) is 0.614. The summed E-state index contributed by atoms with van der Waals surface area (Å²) in [5, 5.41) is 0.779. The van der Waals surface area contributed by atoms with Crippen molar-refractivity contribution >= 4 is 34.7 Å². The Hall–Kier alpha value is -1.58. The molecule has 2 unspecified atom stereocenters. The standard InChI is InChI=1S/C20H20Cl2FNO/c1-12(2)24-11-18(23)16(14-5-3-4-6-19(14)24)10-20(25)15-8-7-13(21)9-17(15)22/h3-9,12,16,18H,10-11H2,1-2H3. The fraction of sp³-hybridized carbons (Fsp3) is 0.350. The lowest BCUT2D eigenvalue weighted by molar-refractivity contribution is 0.0954. The van der Waals surface area contributed by atoms with Crippen molar-refractivity contribution in [3.63, 3.8) is 0 Å². The van der Waals surface area contributed by atoms with Crippen LogP contribution < -0.4 is 4.90 Å². The van der Waals surface area contributed by atoms with E-state index >= 15 is 0 Å². The number of halogens is 3. The second-order valence-corrected chi connectivity index (χ2v) is 7.52. The fourth-order valence-corrected chi connectivity index (χ4v) is 3.94. The molecule has 0 aliphatic carbocycles. The SMILES string of the molecule is CC(C)N1CC(F)C(CC(=O)c2ccc(Cl)cc2Cl)c2ccccc21. The van der Waals surface area contributed by atoms with Crippen LogP contribution in [0.2, 0.25) is 10.0 Å². The van der Waals surface area contributed by atoms with Crippen LogP contribution in [0.1, 0.15) is 42.1 Å². The number of fused-ring (bicyclic) bond motifs is 1. The summed E-state index contributed by atoms with van der Waals surface area (Å²) in [6, 6.07) is 12.7. The van der Waals surface area contributed by atoms with E-state index in [1.165, 1.54) is 0 Å². The number of carbonyl (C=O) groups is 1. The molecule has 0 radical (unpaired) electrons. The van der Waals surface area contributed by atoms with Crippen molar-refractivity contribution in [2.24, 2.45) is 0 Å². The van der Waals surface area contributed by atoms with Gasteiger partial charge in [-0.1, -0.05) is 41.4 Å². The van der Waals surface area contributed by atoms with Crippen LogP contribution in [0.15, 0.2) is 42.5 Å². The number of rotatable bonds is 4. The summed E-state index contributed by atoms with van der Waals surface area (Å²) >= 11 is 12.0. The van der Waals surface area contributed by atoms with Crippen LogP contribution in [-0.2, 0) is 0 Å². The lowest BCUT2D eigenvalue weighted by atomic mass is 9.83. The highest BCUT2D eigenvalue weighted by atomic mass is 35.5. The molecule has 1 aliphatic heterocycles. The Balaban J connectivity index is 1.91. The molecule has 0 amide bonds. The lowest BCUT2D eigenvalue weighted by Gasteiger charge is -2.40. The van der Waals surface area contributed by atoms with Crippen molar-refractivity contribution in [2.75, 3.05) is 11.4 Å². The first-order valence-electron chi connectivity index (χ1n) is 8.36. The topological polar surface area (TPSA) is 20.3 Å². The van der Waals surface area contributed by atoms with E-state index in [-0.39, 0.29) is 18.2 Å². The summed E-state index contributed by atoms with van der Waals surface area (Å²) in [5.74, 6) is -0.632. The normalized spacial score (nSPS) is 19.8. The number of para-hydroxylation sites is 1. The van der Waals surface area contributed by atoms with Crippen molar-refractivity contribution in [1.82, 2.24) is 0 Å². The Kier molecular flexibility index (Phi) is 5.35. The van der Waals surface area contributed by atoms with E-state index < -0.39 is 12.1 Å². The van der Waals surface area contributed by atoms with Crippen LogP contribution in [0.3, 0.4) is 0 Å². The van der Waals surface area contributed by atoms with Crippen LogP contribution in [-0.4, -0.2) is 24.5 Å². The van der Waals surface area contributed by atoms with Crippen molar-refractivity contribution < 1.29 is 9.18 Å². The maximum absolute atomic E-state index is 14.9. The third kappa shape index (κ3) is 3.68. The molecule has 0 bridgehead atoms. The average Bonchev–Trinajstić information content (AvgIpc) is 2.56. The number of nitrogens with zero attached hydrogens (tertiary/aromatic N) is 1. The first-order valence-corrected chi connectivity index (χ1v) is 9.12. The molecule has 2 aromatic carbocycles. The number of anilines is 1. The predicted octanol–water partition coefficient (Wildman–Crippen LogP) is 5.92. The number of hydrogen-bond donors (Lipinski definition) is 0. The Morgan fingerprint density at radius 3 is 2.64 bits per heavy atom. The van der Waals surface area contributed by atoms with Gasteiger partial charge in [-0.15, -0.1) is 0 Å². The zero-order valence-corrected chi connectivity index (χ0v) is 15.7. The van der Waals surface area contributed by atoms with Gasteiger partial charge in [-0.3, -0.25) is 4.79 Å². The average molecular weight is 380 g/mol. The summed E-state index contributed by atoms with van der Waals surface area (Å²) in [6.45, 7) is 4.38. The van der Waals surface area contributed by atoms with Crippen molar-refractivity contribution in [3.05, 3.63) is 63.6 Å². The summed E-state index contributed by atoms with van der Waals surface area (Å²) in [6.07, 6.45) is -1.02. The third-order valence-corrected chi connectivity index (χ3v) is 5.26. The van der Waals surface area contributed by atoms with E-state index in [0.29, 0.717) is 22.2 Å². The molecular formula is C20H20Cl2FNO. The summed E-state index contributed by atoms with van der Waals surface area (Å²) in [5.41, 5.74) is 2.28.